The maximum atomic E-state index is 12.2. The number of aromatic nitrogens is 1. The van der Waals surface area contributed by atoms with E-state index in [-0.39, 0.29) is 18.0 Å². The first kappa shape index (κ1) is 16.5. The molecule has 2 heterocycles. The van der Waals surface area contributed by atoms with E-state index in [1.54, 1.807) is 17.9 Å². The first-order valence-corrected chi connectivity index (χ1v) is 7.90. The Balaban J connectivity index is 1.84. The fourth-order valence-electron chi connectivity index (χ4n) is 2.01. The van der Waals surface area contributed by atoms with Gasteiger partial charge in [-0.1, -0.05) is 6.58 Å². The lowest BCUT2D eigenvalue weighted by atomic mass is 10.1. The van der Waals surface area contributed by atoms with E-state index in [0.717, 1.165) is 5.01 Å². The Morgan fingerprint density at radius 1 is 1.45 bits per heavy atom. The van der Waals surface area contributed by atoms with E-state index in [9.17, 15) is 9.59 Å². The number of carbonyl (C=O) groups excluding carboxylic acids is 2. The minimum Gasteiger partial charge on any atom is -0.444 e. The van der Waals surface area contributed by atoms with Gasteiger partial charge in [-0.05, 0) is 33.8 Å². The van der Waals surface area contributed by atoms with E-state index in [2.05, 4.69) is 16.9 Å². The van der Waals surface area contributed by atoms with Crippen molar-refractivity contribution >= 4 is 29.4 Å². The summed E-state index contributed by atoms with van der Waals surface area (Å²) >= 11 is 1.31. The Morgan fingerprint density at radius 3 is 2.59 bits per heavy atom. The molecule has 1 aliphatic heterocycles. The van der Waals surface area contributed by atoms with Crippen LogP contribution >= 0.6 is 11.3 Å². The molecule has 1 fully saturated rings. The largest absolute Gasteiger partial charge is 0.444 e. The molecule has 120 valence electrons. The summed E-state index contributed by atoms with van der Waals surface area (Å²) in [5.74, 6) is -0.156. The van der Waals surface area contributed by atoms with E-state index in [0.29, 0.717) is 23.7 Å². The number of thiazole rings is 1. The van der Waals surface area contributed by atoms with Crippen LogP contribution in [-0.2, 0) is 4.74 Å². The average Bonchev–Trinajstić information content (AvgIpc) is 2.72. The number of ether oxygens (including phenoxy) is 1. The third kappa shape index (κ3) is 3.85. The molecule has 2 amide bonds. The van der Waals surface area contributed by atoms with Crippen molar-refractivity contribution in [1.82, 2.24) is 15.2 Å². The summed E-state index contributed by atoms with van der Waals surface area (Å²) in [5.41, 5.74) is 0.187. The molecule has 0 unspecified atom stereocenters. The number of likely N-dealkylation sites (tertiary alicyclic amines) is 1. The average molecular weight is 323 g/mol. The van der Waals surface area contributed by atoms with Crippen LogP contribution in [0.2, 0.25) is 0 Å². The first-order valence-electron chi connectivity index (χ1n) is 7.08. The Bertz CT molecular complexity index is 598. The highest BCUT2D eigenvalue weighted by atomic mass is 32.1. The fourth-order valence-corrected chi connectivity index (χ4v) is 2.83. The van der Waals surface area contributed by atoms with Crippen molar-refractivity contribution in [3.8, 4) is 0 Å². The standard InChI is InChI=1S/C15H21N3O3S/c1-6-11-16-9(2)12(22-11)13(19)17-10-7-18(8-10)14(20)21-15(3,4)5/h6,10H,1,7-8H2,2-5H3,(H,17,19). The van der Waals surface area contributed by atoms with Crippen LogP contribution in [0.25, 0.3) is 6.08 Å². The predicted octanol–water partition coefficient (Wildman–Crippen LogP) is 2.44. The summed E-state index contributed by atoms with van der Waals surface area (Å²) < 4.78 is 5.27. The van der Waals surface area contributed by atoms with Gasteiger partial charge in [0.25, 0.3) is 5.91 Å². The molecule has 6 nitrogen and oxygen atoms in total. The van der Waals surface area contributed by atoms with Crippen LogP contribution in [0, 0.1) is 6.92 Å². The van der Waals surface area contributed by atoms with Crippen molar-refractivity contribution in [2.75, 3.05) is 13.1 Å². The molecule has 0 bridgehead atoms. The van der Waals surface area contributed by atoms with Crippen molar-refractivity contribution in [3.63, 3.8) is 0 Å². The minimum absolute atomic E-state index is 0.0475. The Labute approximate surface area is 134 Å². The van der Waals surface area contributed by atoms with E-state index >= 15 is 0 Å². The lowest BCUT2D eigenvalue weighted by Crippen LogP contribution is -2.61. The highest BCUT2D eigenvalue weighted by Crippen LogP contribution is 2.20. The van der Waals surface area contributed by atoms with Gasteiger partial charge < -0.3 is 15.0 Å². The van der Waals surface area contributed by atoms with Crippen LogP contribution < -0.4 is 5.32 Å². The van der Waals surface area contributed by atoms with Gasteiger partial charge in [0.2, 0.25) is 0 Å². The lowest BCUT2D eigenvalue weighted by molar-refractivity contribution is 0.00534. The molecule has 1 N–H and O–H groups in total. The van der Waals surface area contributed by atoms with E-state index < -0.39 is 5.60 Å². The number of carbonyl (C=O) groups is 2. The third-order valence-electron chi connectivity index (χ3n) is 3.06. The molecule has 0 radical (unpaired) electrons. The maximum Gasteiger partial charge on any atom is 0.410 e. The second-order valence-electron chi connectivity index (χ2n) is 6.23. The molecule has 0 aliphatic carbocycles. The molecule has 0 saturated carbocycles. The van der Waals surface area contributed by atoms with Crippen LogP contribution in [0.15, 0.2) is 6.58 Å². The smallest absolute Gasteiger partial charge is 0.410 e. The molecule has 0 aromatic carbocycles. The second kappa shape index (κ2) is 6.08. The number of hydrogen-bond acceptors (Lipinski definition) is 5. The SMILES string of the molecule is C=Cc1nc(C)c(C(=O)NC2CN(C(=O)OC(C)(C)C)C2)s1. The van der Waals surface area contributed by atoms with E-state index in [4.69, 9.17) is 4.74 Å². The van der Waals surface area contributed by atoms with Gasteiger partial charge in [-0.25, -0.2) is 9.78 Å². The lowest BCUT2D eigenvalue weighted by Gasteiger charge is -2.39. The van der Waals surface area contributed by atoms with Gasteiger partial charge in [0.1, 0.15) is 15.5 Å². The molecule has 0 atom stereocenters. The molecular formula is C15H21N3O3S. The van der Waals surface area contributed by atoms with Gasteiger partial charge in [0, 0.05) is 13.1 Å². The second-order valence-corrected chi connectivity index (χ2v) is 7.26. The zero-order chi connectivity index (χ0) is 16.5. The van der Waals surface area contributed by atoms with Gasteiger partial charge in [-0.3, -0.25) is 4.79 Å². The summed E-state index contributed by atoms with van der Waals surface area (Å²) in [7, 11) is 0. The molecule has 0 spiro atoms. The predicted molar refractivity (Wildman–Crippen MR) is 86.0 cm³/mol. The molecule has 22 heavy (non-hydrogen) atoms. The quantitative estimate of drug-likeness (QED) is 0.927. The van der Waals surface area contributed by atoms with Gasteiger partial charge in [-0.15, -0.1) is 11.3 Å². The van der Waals surface area contributed by atoms with Crippen LogP contribution in [0.1, 0.15) is 41.1 Å². The summed E-state index contributed by atoms with van der Waals surface area (Å²) in [6.07, 6.45) is 1.28. The van der Waals surface area contributed by atoms with Crippen molar-refractivity contribution in [3.05, 3.63) is 22.2 Å². The fraction of sp³-hybridized carbons (Fsp3) is 0.533. The van der Waals surface area contributed by atoms with Crippen molar-refractivity contribution in [2.24, 2.45) is 0 Å². The third-order valence-corrected chi connectivity index (χ3v) is 4.21. The van der Waals surface area contributed by atoms with E-state index in [1.165, 1.54) is 11.3 Å². The summed E-state index contributed by atoms with van der Waals surface area (Å²) in [5, 5.41) is 3.63. The molecule has 1 aromatic heterocycles. The summed E-state index contributed by atoms with van der Waals surface area (Å²) in [6, 6.07) is -0.0475. The maximum absolute atomic E-state index is 12.2. The van der Waals surface area contributed by atoms with Gasteiger partial charge in [-0.2, -0.15) is 0 Å². The topological polar surface area (TPSA) is 71.5 Å². The van der Waals surface area contributed by atoms with Gasteiger partial charge >= 0.3 is 6.09 Å². The number of rotatable bonds is 3. The molecule has 1 aliphatic rings. The molecule has 1 saturated heterocycles. The van der Waals surface area contributed by atoms with Gasteiger partial charge in [0.15, 0.2) is 0 Å². The monoisotopic (exact) mass is 323 g/mol. The number of nitrogens with one attached hydrogen (secondary N) is 1. The molecule has 7 heteroatoms. The molecular weight excluding hydrogens is 302 g/mol. The van der Waals surface area contributed by atoms with E-state index in [1.807, 2.05) is 20.8 Å². The number of hydrogen-bond donors (Lipinski definition) is 1. The molecule has 1 aromatic rings. The van der Waals surface area contributed by atoms with Crippen LogP contribution in [-0.4, -0.2) is 46.6 Å². The zero-order valence-corrected chi connectivity index (χ0v) is 14.1. The summed E-state index contributed by atoms with van der Waals surface area (Å²) in [4.78, 5) is 30.4. The Kier molecular flexibility index (Phi) is 4.55. The van der Waals surface area contributed by atoms with Crippen LogP contribution in [0.4, 0.5) is 4.79 Å². The Hall–Kier alpha value is -1.89. The number of amides is 2. The molecule has 2 rings (SSSR count). The van der Waals surface area contributed by atoms with Crippen molar-refractivity contribution in [2.45, 2.75) is 39.3 Å². The minimum atomic E-state index is -0.508. The first-order chi connectivity index (χ1) is 10.2. The van der Waals surface area contributed by atoms with Gasteiger partial charge in [0.05, 0.1) is 11.7 Å². The highest BCUT2D eigenvalue weighted by Gasteiger charge is 2.35. The number of nitrogens with zero attached hydrogens (tertiary/aromatic N) is 2. The summed E-state index contributed by atoms with van der Waals surface area (Å²) in [6.45, 7) is 11.9. The van der Waals surface area contributed by atoms with Crippen molar-refractivity contribution in [1.29, 1.82) is 0 Å². The normalized spacial score (nSPS) is 15.2. The van der Waals surface area contributed by atoms with Crippen LogP contribution in [0.5, 0.6) is 0 Å². The Morgan fingerprint density at radius 2 is 2.09 bits per heavy atom. The highest BCUT2D eigenvalue weighted by molar-refractivity contribution is 7.14. The zero-order valence-electron chi connectivity index (χ0n) is 13.3. The van der Waals surface area contributed by atoms with Crippen molar-refractivity contribution < 1.29 is 14.3 Å². The number of aryl methyl sites for hydroxylation is 1. The van der Waals surface area contributed by atoms with Crippen LogP contribution in [0.3, 0.4) is 0 Å².